The Bertz CT molecular complexity index is 1810. The molecule has 0 rings (SSSR count). The van der Waals surface area contributed by atoms with Crippen LogP contribution in [0.1, 0.15) is 278 Å². The first-order valence-electron chi connectivity index (χ1n) is 33.0. The van der Waals surface area contributed by atoms with Gasteiger partial charge >= 0.3 is 17.9 Å². The topological polar surface area (TPSA) is 78.9 Å². The van der Waals surface area contributed by atoms with Crippen LogP contribution in [0.15, 0.2) is 158 Å². The van der Waals surface area contributed by atoms with Gasteiger partial charge in [-0.25, -0.2) is 0 Å². The quantitative estimate of drug-likeness (QED) is 0.0261. The third-order valence-electron chi connectivity index (χ3n) is 13.5. The van der Waals surface area contributed by atoms with Crippen LogP contribution >= 0.6 is 0 Å². The van der Waals surface area contributed by atoms with Gasteiger partial charge in [0.1, 0.15) is 13.2 Å². The molecule has 0 aliphatic heterocycles. The minimum atomic E-state index is -0.816. The molecular weight excluding hydrogens is 997 g/mol. The largest absolute Gasteiger partial charge is 0.462 e. The van der Waals surface area contributed by atoms with Crippen molar-refractivity contribution >= 4 is 17.9 Å². The number of carbonyl (C=O) groups is 3. The number of carbonyl (C=O) groups excluding carboxylic acids is 3. The Morgan fingerprint density at radius 2 is 0.481 bits per heavy atom. The molecule has 0 aromatic carbocycles. The average Bonchev–Trinajstić information content (AvgIpc) is 3.47. The van der Waals surface area contributed by atoms with Gasteiger partial charge in [-0.05, 0) is 148 Å². The second-order valence-electron chi connectivity index (χ2n) is 21.3. The lowest BCUT2D eigenvalue weighted by atomic mass is 10.1. The molecule has 0 fully saturated rings. The molecule has 1 unspecified atom stereocenters. The minimum absolute atomic E-state index is 0.107. The lowest BCUT2D eigenvalue weighted by Crippen LogP contribution is -2.30. The van der Waals surface area contributed by atoms with Crippen LogP contribution < -0.4 is 0 Å². The molecule has 0 amide bonds. The van der Waals surface area contributed by atoms with E-state index in [-0.39, 0.29) is 37.5 Å². The molecule has 0 saturated carbocycles. The van der Waals surface area contributed by atoms with E-state index in [9.17, 15) is 14.4 Å². The first-order valence-corrected chi connectivity index (χ1v) is 33.0. The molecule has 6 nitrogen and oxygen atoms in total. The average molecular weight is 1120 g/mol. The second-order valence-corrected chi connectivity index (χ2v) is 21.3. The number of allylic oxidation sites excluding steroid dienone is 26. The van der Waals surface area contributed by atoms with E-state index in [1.807, 2.05) is 0 Å². The molecule has 456 valence electrons. The summed E-state index contributed by atoms with van der Waals surface area (Å²) in [6, 6.07) is 0. The fourth-order valence-corrected chi connectivity index (χ4v) is 8.62. The van der Waals surface area contributed by atoms with E-state index in [1.54, 1.807) is 0 Å². The predicted molar refractivity (Wildman–Crippen MR) is 352 cm³/mol. The molecule has 0 aliphatic carbocycles. The number of hydrogen-bond acceptors (Lipinski definition) is 6. The maximum Gasteiger partial charge on any atom is 0.306 e. The summed E-state index contributed by atoms with van der Waals surface area (Å²) in [5.41, 5.74) is 0. The van der Waals surface area contributed by atoms with E-state index in [0.29, 0.717) is 12.8 Å². The van der Waals surface area contributed by atoms with Gasteiger partial charge in [0.2, 0.25) is 0 Å². The van der Waals surface area contributed by atoms with Crippen LogP contribution in [-0.2, 0) is 28.6 Å². The van der Waals surface area contributed by atoms with E-state index in [1.165, 1.54) is 70.6 Å². The Morgan fingerprint density at radius 3 is 0.765 bits per heavy atom. The van der Waals surface area contributed by atoms with Crippen LogP contribution in [0.2, 0.25) is 0 Å². The molecule has 0 N–H and O–H groups in total. The van der Waals surface area contributed by atoms with Crippen molar-refractivity contribution in [2.75, 3.05) is 13.2 Å². The summed E-state index contributed by atoms with van der Waals surface area (Å²) in [6.45, 7) is 6.36. The predicted octanol–water partition coefficient (Wildman–Crippen LogP) is 22.9. The van der Waals surface area contributed by atoms with E-state index >= 15 is 0 Å². The van der Waals surface area contributed by atoms with Crippen LogP contribution in [0.4, 0.5) is 0 Å². The zero-order chi connectivity index (χ0) is 58.5. The molecule has 0 bridgehead atoms. The SMILES string of the molecule is CC/C=C\C/C=C\C/C=C\C/C=C\C/C=C\CCCCCCCC(=O)OC(COC(=O)CCCCC/C=C\C/C=C\C/C=C\C/C=C\C/C=C\CC)COC(=O)CCCCCCCCCC/C=C\C/C=C\C/C=C\CCCCCCC. The fraction of sp³-hybridized carbons (Fsp3) is 0.613. The van der Waals surface area contributed by atoms with Gasteiger partial charge in [-0.3, -0.25) is 14.4 Å². The summed E-state index contributed by atoms with van der Waals surface area (Å²) >= 11 is 0. The van der Waals surface area contributed by atoms with Gasteiger partial charge in [0.25, 0.3) is 0 Å². The third kappa shape index (κ3) is 65.7. The highest BCUT2D eigenvalue weighted by atomic mass is 16.6. The van der Waals surface area contributed by atoms with Gasteiger partial charge in [0.05, 0.1) is 0 Å². The zero-order valence-electron chi connectivity index (χ0n) is 52.2. The van der Waals surface area contributed by atoms with Gasteiger partial charge in [-0.1, -0.05) is 269 Å². The number of ether oxygens (including phenoxy) is 3. The van der Waals surface area contributed by atoms with Crippen molar-refractivity contribution in [3.8, 4) is 0 Å². The minimum Gasteiger partial charge on any atom is -0.462 e. The first-order chi connectivity index (χ1) is 40.0. The summed E-state index contributed by atoms with van der Waals surface area (Å²) in [7, 11) is 0. The molecular formula is C75H120O6. The Balaban J connectivity index is 4.52. The fourth-order valence-electron chi connectivity index (χ4n) is 8.62. The molecule has 0 aromatic heterocycles. The molecule has 0 aliphatic rings. The van der Waals surface area contributed by atoms with E-state index < -0.39 is 6.10 Å². The molecule has 0 spiro atoms. The third-order valence-corrected chi connectivity index (χ3v) is 13.5. The van der Waals surface area contributed by atoms with Crippen molar-refractivity contribution in [3.05, 3.63) is 158 Å². The molecule has 0 saturated heterocycles. The smallest absolute Gasteiger partial charge is 0.306 e. The van der Waals surface area contributed by atoms with Crippen LogP contribution in [0.25, 0.3) is 0 Å². The summed E-state index contributed by atoms with van der Waals surface area (Å²) < 4.78 is 16.9. The Morgan fingerprint density at radius 1 is 0.259 bits per heavy atom. The van der Waals surface area contributed by atoms with Crippen molar-refractivity contribution < 1.29 is 28.6 Å². The van der Waals surface area contributed by atoms with Gasteiger partial charge < -0.3 is 14.2 Å². The van der Waals surface area contributed by atoms with E-state index in [2.05, 4.69) is 179 Å². The van der Waals surface area contributed by atoms with Crippen LogP contribution in [-0.4, -0.2) is 37.2 Å². The maximum absolute atomic E-state index is 12.9. The summed E-state index contributed by atoms with van der Waals surface area (Å²) in [5.74, 6) is -0.967. The molecule has 81 heavy (non-hydrogen) atoms. The van der Waals surface area contributed by atoms with Crippen molar-refractivity contribution in [1.82, 2.24) is 0 Å². The first kappa shape index (κ1) is 76.0. The van der Waals surface area contributed by atoms with Gasteiger partial charge in [0, 0.05) is 19.3 Å². The van der Waals surface area contributed by atoms with Crippen LogP contribution in [0.3, 0.4) is 0 Å². The van der Waals surface area contributed by atoms with Crippen molar-refractivity contribution in [1.29, 1.82) is 0 Å². The monoisotopic (exact) mass is 1120 g/mol. The lowest BCUT2D eigenvalue weighted by molar-refractivity contribution is -0.167. The highest BCUT2D eigenvalue weighted by Crippen LogP contribution is 2.14. The number of esters is 3. The van der Waals surface area contributed by atoms with Crippen LogP contribution in [0, 0.1) is 0 Å². The normalized spacial score (nSPS) is 13.2. The highest BCUT2D eigenvalue weighted by molar-refractivity contribution is 5.71. The number of unbranched alkanes of at least 4 members (excludes halogenated alkanes) is 21. The van der Waals surface area contributed by atoms with Crippen molar-refractivity contribution in [3.63, 3.8) is 0 Å². The highest BCUT2D eigenvalue weighted by Gasteiger charge is 2.19. The Kier molecular flexibility index (Phi) is 63.4. The van der Waals surface area contributed by atoms with E-state index in [4.69, 9.17) is 14.2 Å². The Labute approximate surface area is 499 Å². The molecule has 0 aromatic rings. The van der Waals surface area contributed by atoms with Crippen molar-refractivity contribution in [2.45, 2.75) is 284 Å². The Hall–Kier alpha value is -4.97. The molecule has 0 radical (unpaired) electrons. The molecule has 6 heteroatoms. The van der Waals surface area contributed by atoms with Crippen molar-refractivity contribution in [2.24, 2.45) is 0 Å². The zero-order valence-corrected chi connectivity index (χ0v) is 52.2. The second kappa shape index (κ2) is 67.5. The van der Waals surface area contributed by atoms with Crippen LogP contribution in [0.5, 0.6) is 0 Å². The molecule has 0 heterocycles. The number of rotatable bonds is 58. The molecule has 1 atom stereocenters. The maximum atomic E-state index is 12.9. The summed E-state index contributed by atoms with van der Waals surface area (Å²) in [5, 5.41) is 0. The van der Waals surface area contributed by atoms with Gasteiger partial charge in [0.15, 0.2) is 6.10 Å². The van der Waals surface area contributed by atoms with E-state index in [0.717, 1.165) is 167 Å². The summed E-state index contributed by atoms with van der Waals surface area (Å²) in [4.78, 5) is 38.4. The van der Waals surface area contributed by atoms with Gasteiger partial charge in [-0.2, -0.15) is 0 Å². The lowest BCUT2D eigenvalue weighted by Gasteiger charge is -2.18. The van der Waals surface area contributed by atoms with Gasteiger partial charge in [-0.15, -0.1) is 0 Å². The summed E-state index contributed by atoms with van der Waals surface area (Å²) in [6.07, 6.45) is 98.1. The number of hydrogen-bond donors (Lipinski definition) is 0. The standard InChI is InChI=1S/C75H120O6/c1-4-7-10-13-16-19-22-25-28-31-34-36-37-39-41-44-47-50-53-56-59-62-65-68-74(77)80-71-72(70-79-73(76)67-64-61-58-55-52-49-46-43-40-33-30-27-24-21-18-15-12-9-6-3)81-75(78)69-66-63-60-57-54-51-48-45-42-38-35-32-29-26-23-20-17-14-11-8-5-2/h8-9,11-12,17-18,20-22,25-27,29-31,34-35,37-40,43,45,48-49,52,72H,4-7,10,13-16,19,23-24,28,32-33,36,41-42,44,46-47,50-51,53-71H2,1-3H3/b11-8-,12-9-,20-17-,21-18-,25-22-,29-26-,30-27-,34-31-,38-35-,39-37-,43-40-,48-45-,52-49-.